The van der Waals surface area contributed by atoms with Gasteiger partial charge in [0.2, 0.25) is 5.91 Å². The molecule has 1 rings (SSSR count). The summed E-state index contributed by atoms with van der Waals surface area (Å²) in [5.41, 5.74) is 0. The van der Waals surface area contributed by atoms with Gasteiger partial charge in [-0.05, 0) is 12.3 Å². The summed E-state index contributed by atoms with van der Waals surface area (Å²) < 4.78 is 5.23. The van der Waals surface area contributed by atoms with E-state index in [0.29, 0.717) is 32.6 Å². The van der Waals surface area contributed by atoms with Crippen molar-refractivity contribution in [2.24, 2.45) is 5.92 Å². The molecule has 2 N–H and O–H groups in total. The van der Waals surface area contributed by atoms with Crippen LogP contribution in [-0.4, -0.2) is 60.8 Å². The van der Waals surface area contributed by atoms with Crippen LogP contribution in [0.15, 0.2) is 0 Å². The van der Waals surface area contributed by atoms with Gasteiger partial charge in [0, 0.05) is 26.1 Å². The van der Waals surface area contributed by atoms with Crippen molar-refractivity contribution in [2.75, 3.05) is 32.8 Å². The average Bonchev–Trinajstić information content (AvgIpc) is 2.36. The highest BCUT2D eigenvalue weighted by atomic mass is 16.5. The lowest BCUT2D eigenvalue weighted by Crippen LogP contribution is -2.44. The fourth-order valence-corrected chi connectivity index (χ4v) is 2.04. The Hall–Kier alpha value is -1.14. The van der Waals surface area contributed by atoms with Crippen LogP contribution in [0.25, 0.3) is 0 Å². The van der Waals surface area contributed by atoms with Crippen LogP contribution in [0.4, 0.5) is 0 Å². The molecule has 0 aliphatic carbocycles. The van der Waals surface area contributed by atoms with Gasteiger partial charge in [-0.15, -0.1) is 0 Å². The van der Waals surface area contributed by atoms with Gasteiger partial charge in [0.25, 0.3) is 0 Å². The summed E-state index contributed by atoms with van der Waals surface area (Å²) >= 11 is 0. The molecule has 0 radical (unpaired) electrons. The first-order chi connectivity index (χ1) is 8.99. The van der Waals surface area contributed by atoms with E-state index in [1.165, 1.54) is 0 Å². The lowest BCUT2D eigenvalue weighted by atomic mass is 10.0. The zero-order chi connectivity index (χ0) is 14.3. The van der Waals surface area contributed by atoms with Gasteiger partial charge in [-0.2, -0.15) is 0 Å². The van der Waals surface area contributed by atoms with E-state index in [-0.39, 0.29) is 11.8 Å². The van der Waals surface area contributed by atoms with Gasteiger partial charge in [-0.1, -0.05) is 13.8 Å². The zero-order valence-corrected chi connectivity index (χ0v) is 11.7. The smallest absolute Gasteiger partial charge is 0.326 e. The summed E-state index contributed by atoms with van der Waals surface area (Å²) in [4.78, 5) is 24.9. The Morgan fingerprint density at radius 2 is 1.95 bits per heavy atom. The molecule has 1 aliphatic heterocycles. The zero-order valence-electron chi connectivity index (χ0n) is 11.7. The van der Waals surface area contributed by atoms with Gasteiger partial charge in [0.1, 0.15) is 6.04 Å². The molecular weight excluding hydrogens is 248 g/mol. The average molecular weight is 272 g/mol. The van der Waals surface area contributed by atoms with Gasteiger partial charge < -0.3 is 15.2 Å². The van der Waals surface area contributed by atoms with Crippen LogP contribution >= 0.6 is 0 Å². The molecule has 0 spiro atoms. The summed E-state index contributed by atoms with van der Waals surface area (Å²) in [6.45, 7) is 7.61. The van der Waals surface area contributed by atoms with Crippen LogP contribution in [0, 0.1) is 5.92 Å². The third kappa shape index (κ3) is 6.54. The highest BCUT2D eigenvalue weighted by Gasteiger charge is 2.21. The lowest BCUT2D eigenvalue weighted by molar-refractivity contribution is -0.142. The number of carbonyl (C=O) groups excluding carboxylic acids is 1. The Labute approximate surface area is 114 Å². The topological polar surface area (TPSA) is 78.9 Å². The number of rotatable bonds is 7. The second-order valence-corrected chi connectivity index (χ2v) is 5.29. The van der Waals surface area contributed by atoms with E-state index >= 15 is 0 Å². The second-order valence-electron chi connectivity index (χ2n) is 5.29. The standard InChI is InChI=1S/C13H24N2O4/c1-10(2)9-11(13(17)18)14-12(16)3-4-15-5-7-19-8-6-15/h10-11H,3-9H2,1-2H3,(H,14,16)(H,17,18)/t11-/m1/s1. The first-order valence-electron chi connectivity index (χ1n) is 6.81. The minimum atomic E-state index is -0.964. The number of amides is 1. The monoisotopic (exact) mass is 272 g/mol. The van der Waals surface area contributed by atoms with Crippen molar-refractivity contribution in [1.82, 2.24) is 10.2 Å². The van der Waals surface area contributed by atoms with E-state index in [1.54, 1.807) is 0 Å². The predicted octanol–water partition coefficient (Wildman–Crippen LogP) is 0.324. The molecule has 0 aromatic heterocycles. The number of ether oxygens (including phenoxy) is 1. The largest absolute Gasteiger partial charge is 0.480 e. The van der Waals surface area contributed by atoms with Crippen molar-refractivity contribution < 1.29 is 19.4 Å². The van der Waals surface area contributed by atoms with E-state index in [4.69, 9.17) is 9.84 Å². The van der Waals surface area contributed by atoms with Crippen LogP contribution in [-0.2, 0) is 14.3 Å². The first-order valence-corrected chi connectivity index (χ1v) is 6.81. The second kappa shape index (κ2) is 8.12. The molecule has 0 saturated carbocycles. The number of carboxylic acid groups (broad SMARTS) is 1. The fraction of sp³-hybridized carbons (Fsp3) is 0.846. The molecule has 1 atom stereocenters. The molecule has 19 heavy (non-hydrogen) atoms. The Morgan fingerprint density at radius 3 is 2.47 bits per heavy atom. The fourth-order valence-electron chi connectivity index (χ4n) is 2.04. The number of carbonyl (C=O) groups is 2. The van der Waals surface area contributed by atoms with Crippen LogP contribution in [0.3, 0.4) is 0 Å². The molecule has 0 aromatic rings. The number of nitrogens with one attached hydrogen (secondary N) is 1. The normalized spacial score (nSPS) is 18.3. The number of carboxylic acids is 1. The van der Waals surface area contributed by atoms with Crippen LogP contribution < -0.4 is 5.32 Å². The van der Waals surface area contributed by atoms with E-state index in [9.17, 15) is 9.59 Å². The number of morpholine rings is 1. The van der Waals surface area contributed by atoms with Gasteiger partial charge in [0.05, 0.1) is 13.2 Å². The number of aliphatic carboxylic acids is 1. The van der Waals surface area contributed by atoms with Crippen LogP contribution in [0.1, 0.15) is 26.7 Å². The van der Waals surface area contributed by atoms with Crippen LogP contribution in [0.2, 0.25) is 0 Å². The van der Waals surface area contributed by atoms with Gasteiger partial charge in [-0.3, -0.25) is 9.69 Å². The molecule has 0 unspecified atom stereocenters. The number of hydrogen-bond donors (Lipinski definition) is 2. The molecule has 0 aromatic carbocycles. The molecule has 0 bridgehead atoms. The highest BCUT2D eigenvalue weighted by Crippen LogP contribution is 2.05. The van der Waals surface area contributed by atoms with Crippen molar-refractivity contribution >= 4 is 11.9 Å². The molecule has 1 saturated heterocycles. The highest BCUT2D eigenvalue weighted by molar-refractivity contribution is 5.83. The van der Waals surface area contributed by atoms with Crippen molar-refractivity contribution in [3.05, 3.63) is 0 Å². The van der Waals surface area contributed by atoms with Crippen molar-refractivity contribution in [3.63, 3.8) is 0 Å². The molecular formula is C13H24N2O4. The minimum absolute atomic E-state index is 0.195. The van der Waals surface area contributed by atoms with E-state index in [2.05, 4.69) is 10.2 Å². The molecule has 1 aliphatic rings. The Balaban J connectivity index is 2.29. The third-order valence-electron chi connectivity index (χ3n) is 3.10. The molecule has 6 nitrogen and oxygen atoms in total. The van der Waals surface area contributed by atoms with Gasteiger partial charge in [0.15, 0.2) is 0 Å². The molecule has 6 heteroatoms. The molecule has 110 valence electrons. The summed E-state index contributed by atoms with van der Waals surface area (Å²) in [5, 5.41) is 11.6. The lowest BCUT2D eigenvalue weighted by Gasteiger charge is -2.26. The minimum Gasteiger partial charge on any atom is -0.480 e. The van der Waals surface area contributed by atoms with Crippen LogP contribution in [0.5, 0.6) is 0 Å². The van der Waals surface area contributed by atoms with E-state index in [1.807, 2.05) is 13.8 Å². The first kappa shape index (κ1) is 15.9. The number of nitrogens with zero attached hydrogens (tertiary/aromatic N) is 1. The quantitative estimate of drug-likeness (QED) is 0.698. The molecule has 1 fully saturated rings. The molecule has 1 heterocycles. The van der Waals surface area contributed by atoms with E-state index < -0.39 is 12.0 Å². The Morgan fingerprint density at radius 1 is 1.32 bits per heavy atom. The van der Waals surface area contributed by atoms with Crippen molar-refractivity contribution in [3.8, 4) is 0 Å². The predicted molar refractivity (Wildman–Crippen MR) is 70.9 cm³/mol. The SMILES string of the molecule is CC(C)C[C@@H](NC(=O)CCN1CCOCC1)C(=O)O. The summed E-state index contributed by atoms with van der Waals surface area (Å²) in [6, 6.07) is -0.780. The van der Waals surface area contributed by atoms with Crippen molar-refractivity contribution in [1.29, 1.82) is 0 Å². The summed E-state index contributed by atoms with van der Waals surface area (Å²) in [6.07, 6.45) is 0.792. The van der Waals surface area contributed by atoms with Crippen molar-refractivity contribution in [2.45, 2.75) is 32.7 Å². The van der Waals surface area contributed by atoms with Gasteiger partial charge >= 0.3 is 5.97 Å². The maximum atomic E-state index is 11.7. The van der Waals surface area contributed by atoms with E-state index in [0.717, 1.165) is 13.1 Å². The summed E-state index contributed by atoms with van der Waals surface area (Å²) in [5.74, 6) is -0.923. The maximum absolute atomic E-state index is 11.7. The summed E-state index contributed by atoms with van der Waals surface area (Å²) in [7, 11) is 0. The molecule has 1 amide bonds. The van der Waals surface area contributed by atoms with Gasteiger partial charge in [-0.25, -0.2) is 4.79 Å². The third-order valence-corrected chi connectivity index (χ3v) is 3.10. The number of hydrogen-bond acceptors (Lipinski definition) is 4. The Bertz CT molecular complexity index is 301. The Kier molecular flexibility index (Phi) is 6.80. The maximum Gasteiger partial charge on any atom is 0.326 e.